The van der Waals surface area contributed by atoms with Gasteiger partial charge in [0.1, 0.15) is 0 Å². The molecule has 1 amide bonds. The van der Waals surface area contributed by atoms with E-state index in [-0.39, 0.29) is 34.9 Å². The molecule has 0 radical (unpaired) electrons. The first-order chi connectivity index (χ1) is 11.8. The van der Waals surface area contributed by atoms with Gasteiger partial charge in [0.05, 0.1) is 29.7 Å². The number of hydrogen-bond acceptors (Lipinski definition) is 6. The average Bonchev–Trinajstić information content (AvgIpc) is 2.54. The molecule has 1 atom stereocenters. The molecule has 7 nitrogen and oxygen atoms in total. The van der Waals surface area contributed by atoms with Crippen LogP contribution in [0.4, 0.5) is 5.69 Å². The van der Waals surface area contributed by atoms with E-state index >= 15 is 0 Å². The third kappa shape index (κ3) is 5.54. The molecule has 1 heterocycles. The fourth-order valence-corrected chi connectivity index (χ4v) is 3.78. The molecule has 1 aromatic rings. The molecule has 1 fully saturated rings. The number of carbonyl (C=O) groups is 2. The number of benzene rings is 1. The highest BCUT2D eigenvalue weighted by molar-refractivity contribution is 7.90. The van der Waals surface area contributed by atoms with Gasteiger partial charge in [-0.25, -0.2) is 8.42 Å². The number of carbonyl (C=O) groups excluding carboxylic acids is 2. The number of esters is 1. The Hall–Kier alpha value is -1.93. The molecule has 0 spiro atoms. The summed E-state index contributed by atoms with van der Waals surface area (Å²) < 4.78 is 28.6. The zero-order chi connectivity index (χ0) is 18.4. The molecule has 1 aromatic carbocycles. The molecule has 138 valence electrons. The summed E-state index contributed by atoms with van der Waals surface area (Å²) in [6, 6.07) is 6.30. The molecule has 25 heavy (non-hydrogen) atoms. The second-order valence-electron chi connectivity index (χ2n) is 6.14. The van der Waals surface area contributed by atoms with Crippen molar-refractivity contribution in [3.8, 4) is 0 Å². The SMILES string of the molecule is CCOC(=O)[C@H]1CCCN(CC(=O)Nc2ccccc2S(C)(=O)=O)C1. The lowest BCUT2D eigenvalue weighted by Gasteiger charge is -2.30. The van der Waals surface area contributed by atoms with Crippen molar-refractivity contribution in [2.45, 2.75) is 24.7 Å². The van der Waals surface area contributed by atoms with Gasteiger partial charge in [0.2, 0.25) is 5.91 Å². The Morgan fingerprint density at radius 2 is 2.04 bits per heavy atom. The van der Waals surface area contributed by atoms with Crippen molar-refractivity contribution in [1.82, 2.24) is 4.90 Å². The zero-order valence-corrected chi connectivity index (χ0v) is 15.3. The third-order valence-corrected chi connectivity index (χ3v) is 5.21. The van der Waals surface area contributed by atoms with Gasteiger partial charge < -0.3 is 10.1 Å². The van der Waals surface area contributed by atoms with Gasteiger partial charge in [-0.1, -0.05) is 12.1 Å². The summed E-state index contributed by atoms with van der Waals surface area (Å²) in [4.78, 5) is 26.1. The number of anilines is 1. The van der Waals surface area contributed by atoms with Gasteiger partial charge in [-0.15, -0.1) is 0 Å². The lowest BCUT2D eigenvalue weighted by atomic mass is 9.98. The highest BCUT2D eigenvalue weighted by atomic mass is 32.2. The van der Waals surface area contributed by atoms with Crippen molar-refractivity contribution < 1.29 is 22.7 Å². The fraction of sp³-hybridized carbons (Fsp3) is 0.529. The minimum Gasteiger partial charge on any atom is -0.466 e. The average molecular weight is 368 g/mol. The van der Waals surface area contributed by atoms with E-state index in [1.54, 1.807) is 25.1 Å². The van der Waals surface area contributed by atoms with Gasteiger partial charge >= 0.3 is 5.97 Å². The summed E-state index contributed by atoms with van der Waals surface area (Å²) in [5, 5.41) is 2.66. The maximum atomic E-state index is 12.3. The van der Waals surface area contributed by atoms with Crippen LogP contribution in [-0.2, 0) is 24.2 Å². The largest absolute Gasteiger partial charge is 0.466 e. The monoisotopic (exact) mass is 368 g/mol. The van der Waals surface area contributed by atoms with E-state index in [9.17, 15) is 18.0 Å². The Labute approximate surface area is 148 Å². The molecule has 0 bridgehead atoms. The smallest absolute Gasteiger partial charge is 0.310 e. The molecule has 1 aliphatic rings. The lowest BCUT2D eigenvalue weighted by molar-refractivity contribution is -0.150. The number of sulfone groups is 1. The Morgan fingerprint density at radius 3 is 2.72 bits per heavy atom. The van der Waals surface area contributed by atoms with E-state index < -0.39 is 9.84 Å². The van der Waals surface area contributed by atoms with Crippen LogP contribution in [0.15, 0.2) is 29.2 Å². The van der Waals surface area contributed by atoms with Crippen molar-refractivity contribution in [2.75, 3.05) is 37.8 Å². The molecule has 1 N–H and O–H groups in total. The normalized spacial score (nSPS) is 18.6. The molecule has 2 rings (SSSR count). The quantitative estimate of drug-likeness (QED) is 0.761. The van der Waals surface area contributed by atoms with Gasteiger partial charge in [-0.3, -0.25) is 14.5 Å². The van der Waals surface area contributed by atoms with Crippen LogP contribution in [-0.4, -0.2) is 57.7 Å². The standard InChI is InChI=1S/C17H24N2O5S/c1-3-24-17(21)13-7-6-10-19(11-13)12-16(20)18-14-8-4-5-9-15(14)25(2,22)23/h4-5,8-9,13H,3,6-7,10-12H2,1-2H3,(H,18,20)/t13-/m0/s1. The summed E-state index contributed by atoms with van der Waals surface area (Å²) in [7, 11) is -3.43. The Morgan fingerprint density at radius 1 is 1.32 bits per heavy atom. The molecule has 0 saturated carbocycles. The summed E-state index contributed by atoms with van der Waals surface area (Å²) in [5.41, 5.74) is 0.272. The second-order valence-corrected chi connectivity index (χ2v) is 8.13. The Balaban J connectivity index is 1.98. The highest BCUT2D eigenvalue weighted by Crippen LogP contribution is 2.21. The summed E-state index contributed by atoms with van der Waals surface area (Å²) in [6.07, 6.45) is 2.68. The minimum atomic E-state index is -3.43. The predicted molar refractivity (Wildman–Crippen MR) is 94.0 cm³/mol. The number of amides is 1. The van der Waals surface area contributed by atoms with Crippen LogP contribution in [0.1, 0.15) is 19.8 Å². The Bertz CT molecular complexity index is 732. The van der Waals surface area contributed by atoms with Crippen LogP contribution in [0.25, 0.3) is 0 Å². The van der Waals surface area contributed by atoms with Crippen molar-refractivity contribution in [1.29, 1.82) is 0 Å². The zero-order valence-electron chi connectivity index (χ0n) is 14.5. The molecule has 0 unspecified atom stereocenters. The molecule has 0 aromatic heterocycles. The van der Waals surface area contributed by atoms with E-state index in [1.807, 2.05) is 4.90 Å². The van der Waals surface area contributed by atoms with Gasteiger partial charge in [0, 0.05) is 12.8 Å². The van der Waals surface area contributed by atoms with E-state index in [1.165, 1.54) is 6.07 Å². The number of nitrogens with one attached hydrogen (secondary N) is 1. The fourth-order valence-electron chi connectivity index (χ4n) is 2.94. The number of rotatable bonds is 6. The molecular weight excluding hydrogens is 344 g/mol. The molecule has 8 heteroatoms. The number of ether oxygens (including phenoxy) is 1. The van der Waals surface area contributed by atoms with Crippen molar-refractivity contribution in [3.05, 3.63) is 24.3 Å². The second kappa shape index (κ2) is 8.44. The van der Waals surface area contributed by atoms with Gasteiger partial charge in [0.25, 0.3) is 0 Å². The summed E-state index contributed by atoms with van der Waals surface area (Å²) >= 11 is 0. The van der Waals surface area contributed by atoms with Gasteiger partial charge in [-0.2, -0.15) is 0 Å². The minimum absolute atomic E-state index is 0.0893. The van der Waals surface area contributed by atoms with Gasteiger partial charge in [-0.05, 0) is 38.4 Å². The van der Waals surface area contributed by atoms with Crippen LogP contribution < -0.4 is 5.32 Å². The molecule has 0 aliphatic carbocycles. The molecular formula is C17H24N2O5S. The summed E-state index contributed by atoms with van der Waals surface area (Å²) in [6.45, 7) is 3.41. The van der Waals surface area contributed by atoms with Crippen LogP contribution in [0.5, 0.6) is 0 Å². The first-order valence-electron chi connectivity index (χ1n) is 8.29. The van der Waals surface area contributed by atoms with Gasteiger partial charge in [0.15, 0.2) is 9.84 Å². The lowest BCUT2D eigenvalue weighted by Crippen LogP contribution is -2.43. The van der Waals surface area contributed by atoms with Crippen molar-refractivity contribution >= 4 is 27.4 Å². The van der Waals surface area contributed by atoms with E-state index in [0.29, 0.717) is 13.2 Å². The predicted octanol–water partition coefficient (Wildman–Crippen LogP) is 1.30. The van der Waals surface area contributed by atoms with Crippen LogP contribution in [0.3, 0.4) is 0 Å². The summed E-state index contributed by atoms with van der Waals surface area (Å²) in [5.74, 6) is -0.750. The number of likely N-dealkylation sites (tertiary alicyclic amines) is 1. The van der Waals surface area contributed by atoms with Crippen LogP contribution >= 0.6 is 0 Å². The number of nitrogens with zero attached hydrogens (tertiary/aromatic N) is 1. The topological polar surface area (TPSA) is 92.8 Å². The van der Waals surface area contributed by atoms with Crippen LogP contribution in [0.2, 0.25) is 0 Å². The van der Waals surface area contributed by atoms with Crippen molar-refractivity contribution in [2.24, 2.45) is 5.92 Å². The molecule has 1 aliphatic heterocycles. The van der Waals surface area contributed by atoms with E-state index in [0.717, 1.165) is 25.6 Å². The molecule has 1 saturated heterocycles. The van der Waals surface area contributed by atoms with E-state index in [4.69, 9.17) is 4.74 Å². The maximum absolute atomic E-state index is 12.3. The maximum Gasteiger partial charge on any atom is 0.310 e. The Kier molecular flexibility index (Phi) is 6.55. The first kappa shape index (κ1) is 19.4. The number of para-hydroxylation sites is 1. The first-order valence-corrected chi connectivity index (χ1v) is 10.2. The number of piperidine rings is 1. The number of hydrogen-bond donors (Lipinski definition) is 1. The van der Waals surface area contributed by atoms with Crippen molar-refractivity contribution in [3.63, 3.8) is 0 Å². The van der Waals surface area contributed by atoms with Crippen LogP contribution in [0, 0.1) is 5.92 Å². The third-order valence-electron chi connectivity index (χ3n) is 4.05. The van der Waals surface area contributed by atoms with E-state index in [2.05, 4.69) is 5.32 Å². The highest BCUT2D eigenvalue weighted by Gasteiger charge is 2.28.